The zero-order valence-corrected chi connectivity index (χ0v) is 26.1. The number of rotatable bonds is 2. The Labute approximate surface area is 263 Å². The van der Waals surface area contributed by atoms with E-state index in [9.17, 15) is 0 Å². The van der Waals surface area contributed by atoms with Crippen LogP contribution in [0.25, 0.3) is 43.7 Å². The highest BCUT2D eigenvalue weighted by molar-refractivity contribution is 6.15. The largest absolute Gasteiger partial charge is 0.358 e. The molecule has 0 spiro atoms. The molecule has 7 aromatic rings. The minimum atomic E-state index is -0.192. The van der Waals surface area contributed by atoms with Crippen LogP contribution in [0, 0.1) is 0 Å². The maximum absolute atomic E-state index is 5.31. The van der Waals surface area contributed by atoms with Crippen molar-refractivity contribution in [2.75, 3.05) is 5.32 Å². The van der Waals surface area contributed by atoms with Gasteiger partial charge < -0.3 is 9.88 Å². The van der Waals surface area contributed by atoms with Crippen molar-refractivity contribution in [3.05, 3.63) is 144 Å². The van der Waals surface area contributed by atoms with Crippen LogP contribution in [0.1, 0.15) is 50.6 Å². The number of aromatic nitrogens is 1. The summed E-state index contributed by atoms with van der Waals surface area (Å²) in [5.74, 6) is 0. The van der Waals surface area contributed by atoms with Crippen LogP contribution in [0.4, 0.5) is 11.4 Å². The van der Waals surface area contributed by atoms with Gasteiger partial charge in [0.1, 0.15) is 6.17 Å². The van der Waals surface area contributed by atoms with E-state index < -0.39 is 0 Å². The molecule has 0 fully saturated rings. The number of aliphatic imine (C=N–C) groups is 1. The maximum atomic E-state index is 5.31. The highest BCUT2D eigenvalue weighted by Gasteiger charge is 2.46. The minimum Gasteiger partial charge on any atom is -0.358 e. The van der Waals surface area contributed by atoms with E-state index in [1.165, 1.54) is 54.8 Å². The molecule has 9 rings (SSSR count). The highest BCUT2D eigenvalue weighted by atomic mass is 15.2. The molecule has 0 radical (unpaired) electrons. The first-order chi connectivity index (χ1) is 21.8. The van der Waals surface area contributed by atoms with E-state index in [2.05, 4.69) is 165 Å². The summed E-state index contributed by atoms with van der Waals surface area (Å²) in [6.07, 6.45) is -0.192. The second-order valence-corrected chi connectivity index (χ2v) is 13.7. The van der Waals surface area contributed by atoms with Gasteiger partial charge in [0.2, 0.25) is 0 Å². The van der Waals surface area contributed by atoms with Crippen LogP contribution < -0.4 is 5.32 Å². The third-order valence-corrected chi connectivity index (χ3v) is 11.0. The summed E-state index contributed by atoms with van der Waals surface area (Å²) in [6, 6.07) is 46.4. The lowest BCUT2D eigenvalue weighted by atomic mass is 9.55. The van der Waals surface area contributed by atoms with E-state index in [0.717, 1.165) is 22.6 Å². The fraction of sp³-hybridized carbons (Fsp3) is 0.167. The molecule has 1 aliphatic carbocycles. The van der Waals surface area contributed by atoms with Crippen LogP contribution in [0.2, 0.25) is 0 Å². The van der Waals surface area contributed by atoms with Crippen molar-refractivity contribution >= 4 is 49.7 Å². The molecule has 3 nitrogen and oxygen atoms in total. The Bertz CT molecular complexity index is 2350. The third-order valence-electron chi connectivity index (χ3n) is 11.0. The topological polar surface area (TPSA) is 29.3 Å². The van der Waals surface area contributed by atoms with Gasteiger partial charge in [0, 0.05) is 16.3 Å². The lowest BCUT2D eigenvalue weighted by molar-refractivity contribution is 0.299. The summed E-state index contributed by atoms with van der Waals surface area (Å²) in [6.45, 7) is 9.69. The van der Waals surface area contributed by atoms with Gasteiger partial charge >= 0.3 is 0 Å². The van der Waals surface area contributed by atoms with Gasteiger partial charge in [-0.05, 0) is 74.2 Å². The molecule has 0 amide bonds. The molecule has 1 unspecified atom stereocenters. The molecule has 6 aromatic carbocycles. The summed E-state index contributed by atoms with van der Waals surface area (Å²) < 4.78 is 2.49. The van der Waals surface area contributed by atoms with Gasteiger partial charge in [0.05, 0.1) is 28.1 Å². The molecule has 2 aliphatic rings. The van der Waals surface area contributed by atoms with Gasteiger partial charge in [-0.25, -0.2) is 4.99 Å². The van der Waals surface area contributed by atoms with E-state index in [-0.39, 0.29) is 17.0 Å². The van der Waals surface area contributed by atoms with Crippen LogP contribution in [0.15, 0.2) is 132 Å². The Morgan fingerprint density at radius 2 is 1.29 bits per heavy atom. The molecule has 1 aliphatic heterocycles. The van der Waals surface area contributed by atoms with Gasteiger partial charge in [-0.15, -0.1) is 0 Å². The Balaban J connectivity index is 1.40. The average molecular weight is 582 g/mol. The summed E-state index contributed by atoms with van der Waals surface area (Å²) in [5, 5.41) is 9.07. The molecule has 0 bridgehead atoms. The molecule has 0 saturated carbocycles. The van der Waals surface area contributed by atoms with Crippen LogP contribution in [0.5, 0.6) is 0 Å². The van der Waals surface area contributed by atoms with Gasteiger partial charge in [-0.2, -0.15) is 0 Å². The van der Waals surface area contributed by atoms with Gasteiger partial charge in [-0.1, -0.05) is 125 Å². The van der Waals surface area contributed by atoms with Crippen molar-refractivity contribution in [1.29, 1.82) is 0 Å². The number of hydrogen-bond acceptors (Lipinski definition) is 2. The van der Waals surface area contributed by atoms with Gasteiger partial charge in [0.25, 0.3) is 0 Å². The van der Waals surface area contributed by atoms with Crippen LogP contribution in [-0.2, 0) is 10.8 Å². The van der Waals surface area contributed by atoms with Gasteiger partial charge in [0.15, 0.2) is 0 Å². The Kier molecular flexibility index (Phi) is 5.36. The number of anilines is 1. The lowest BCUT2D eigenvalue weighted by Gasteiger charge is -2.48. The second-order valence-electron chi connectivity index (χ2n) is 13.7. The molecule has 1 atom stereocenters. The number of benzene rings is 6. The average Bonchev–Trinajstić information content (AvgIpc) is 3.39. The van der Waals surface area contributed by atoms with Crippen molar-refractivity contribution < 1.29 is 0 Å². The van der Waals surface area contributed by atoms with Crippen molar-refractivity contribution in [1.82, 2.24) is 4.57 Å². The van der Waals surface area contributed by atoms with E-state index in [4.69, 9.17) is 4.99 Å². The van der Waals surface area contributed by atoms with Crippen LogP contribution in [0.3, 0.4) is 0 Å². The fourth-order valence-corrected chi connectivity index (χ4v) is 7.92. The Morgan fingerprint density at radius 3 is 2.13 bits per heavy atom. The quantitative estimate of drug-likeness (QED) is 0.216. The summed E-state index contributed by atoms with van der Waals surface area (Å²) in [5.41, 5.74) is 11.9. The number of nitrogens with one attached hydrogen (secondary N) is 1. The smallest absolute Gasteiger partial charge is 0.148 e. The molecule has 0 saturated heterocycles. The maximum Gasteiger partial charge on any atom is 0.148 e. The monoisotopic (exact) mass is 581 g/mol. The fourth-order valence-electron chi connectivity index (χ4n) is 7.92. The van der Waals surface area contributed by atoms with Gasteiger partial charge in [-0.3, -0.25) is 0 Å². The number of hydrogen-bond donors (Lipinski definition) is 1. The Hall–Kier alpha value is -5.15. The minimum absolute atomic E-state index is 0.0623. The standard InChI is InChI=1S/C42H35N3/c1-41(2)32-23-22-26-14-8-9-17-28(26)38(32)31-25-37-30(24-33(31)42(41,3)4)29-18-10-13-21-36(29)45(37)40-39(27-15-6-5-7-16-27)43-34-19-11-12-20-35(34)44-40/h5-25,40,44H,1-4H3. The SMILES string of the molecule is CC1(C)c2cc3c4ccccc4n(C4Nc5ccccc5N=C4c4ccccc4)c3cc2-c2c(ccc3ccccc23)C1(C)C. The van der Waals surface area contributed by atoms with E-state index in [1.807, 2.05) is 0 Å². The zero-order valence-electron chi connectivity index (χ0n) is 26.1. The zero-order chi connectivity index (χ0) is 30.5. The first-order valence-electron chi connectivity index (χ1n) is 15.9. The van der Waals surface area contributed by atoms with Crippen LogP contribution in [-0.4, -0.2) is 10.3 Å². The first-order valence-corrected chi connectivity index (χ1v) is 15.9. The summed E-state index contributed by atoms with van der Waals surface area (Å²) in [7, 11) is 0. The van der Waals surface area contributed by atoms with Crippen molar-refractivity contribution in [2.24, 2.45) is 4.99 Å². The van der Waals surface area contributed by atoms with Crippen molar-refractivity contribution in [3.8, 4) is 11.1 Å². The summed E-state index contributed by atoms with van der Waals surface area (Å²) >= 11 is 0. The lowest BCUT2D eigenvalue weighted by Crippen LogP contribution is -2.43. The van der Waals surface area contributed by atoms with Crippen molar-refractivity contribution in [2.45, 2.75) is 44.7 Å². The Morgan fingerprint density at radius 1 is 0.600 bits per heavy atom. The van der Waals surface area contributed by atoms with Crippen LogP contribution >= 0.6 is 0 Å². The van der Waals surface area contributed by atoms with E-state index in [0.29, 0.717) is 0 Å². The molecule has 1 N–H and O–H groups in total. The normalized spacial score (nSPS) is 17.8. The predicted octanol–water partition coefficient (Wildman–Crippen LogP) is 10.9. The predicted molar refractivity (Wildman–Crippen MR) is 190 cm³/mol. The number of para-hydroxylation sites is 3. The van der Waals surface area contributed by atoms with E-state index in [1.54, 1.807) is 0 Å². The highest BCUT2D eigenvalue weighted by Crippen LogP contribution is 2.56. The second kappa shape index (κ2) is 9.18. The molecular weight excluding hydrogens is 546 g/mol. The molecule has 2 heterocycles. The summed E-state index contributed by atoms with van der Waals surface area (Å²) in [4.78, 5) is 5.31. The molecule has 218 valence electrons. The third kappa shape index (κ3) is 3.55. The number of nitrogens with zero attached hydrogens (tertiary/aromatic N) is 2. The molecule has 45 heavy (non-hydrogen) atoms. The molecule has 1 aromatic heterocycles. The van der Waals surface area contributed by atoms with E-state index >= 15 is 0 Å². The molecular formula is C42H35N3. The first kappa shape index (κ1) is 26.3. The van der Waals surface area contributed by atoms with Crippen molar-refractivity contribution in [3.63, 3.8) is 0 Å². The molecule has 3 heteroatoms. The number of fused-ring (bicyclic) bond motifs is 9.